The van der Waals surface area contributed by atoms with E-state index in [4.69, 9.17) is 5.73 Å². The fourth-order valence-electron chi connectivity index (χ4n) is 1.62. The molecule has 8 heteroatoms. The molecule has 21 heavy (non-hydrogen) atoms. The Morgan fingerprint density at radius 1 is 1.33 bits per heavy atom. The van der Waals surface area contributed by atoms with Crippen molar-refractivity contribution in [3.05, 3.63) is 29.3 Å². The number of anilines is 1. The number of benzene rings is 1. The molecule has 1 aromatic carbocycles. The first-order valence-corrected chi connectivity index (χ1v) is 6.22. The number of alkyl halides is 3. The van der Waals surface area contributed by atoms with Gasteiger partial charge < -0.3 is 16.4 Å². The van der Waals surface area contributed by atoms with Crippen LogP contribution in [0.4, 0.5) is 18.9 Å². The van der Waals surface area contributed by atoms with E-state index in [0.717, 1.165) is 6.07 Å². The van der Waals surface area contributed by atoms with E-state index < -0.39 is 35.3 Å². The van der Waals surface area contributed by atoms with Crippen molar-refractivity contribution in [1.82, 2.24) is 10.6 Å². The Hall–Kier alpha value is -2.25. The van der Waals surface area contributed by atoms with Crippen LogP contribution in [0.1, 0.15) is 29.8 Å². The van der Waals surface area contributed by atoms with E-state index in [-0.39, 0.29) is 5.56 Å². The number of nitrogens with one attached hydrogen (secondary N) is 2. The molecule has 1 aromatic rings. The monoisotopic (exact) mass is 303 g/mol. The van der Waals surface area contributed by atoms with Gasteiger partial charge in [-0.2, -0.15) is 13.2 Å². The Morgan fingerprint density at radius 3 is 2.48 bits per heavy atom. The zero-order valence-electron chi connectivity index (χ0n) is 11.5. The van der Waals surface area contributed by atoms with Crippen LogP contribution in [0.3, 0.4) is 0 Å². The van der Waals surface area contributed by atoms with Crippen LogP contribution in [0.25, 0.3) is 0 Å². The van der Waals surface area contributed by atoms with Crippen molar-refractivity contribution in [3.8, 4) is 0 Å². The van der Waals surface area contributed by atoms with Gasteiger partial charge in [-0.15, -0.1) is 0 Å². The molecule has 0 aliphatic heterocycles. The molecule has 2 amide bonds. The summed E-state index contributed by atoms with van der Waals surface area (Å²) in [6.45, 7) is 3.53. The Labute approximate surface area is 119 Å². The van der Waals surface area contributed by atoms with Gasteiger partial charge in [0, 0.05) is 17.8 Å². The Kier molecular flexibility index (Phi) is 5.17. The molecule has 0 fully saturated rings. The molecule has 0 aliphatic rings. The molecule has 0 saturated heterocycles. The summed E-state index contributed by atoms with van der Waals surface area (Å²) in [5, 5.41) is 4.81. The zero-order valence-corrected chi connectivity index (χ0v) is 11.5. The van der Waals surface area contributed by atoms with Crippen molar-refractivity contribution < 1.29 is 22.8 Å². The first-order chi connectivity index (χ1) is 9.66. The van der Waals surface area contributed by atoms with E-state index in [1.807, 2.05) is 0 Å². The van der Waals surface area contributed by atoms with E-state index >= 15 is 0 Å². The van der Waals surface area contributed by atoms with E-state index in [0.29, 0.717) is 12.6 Å². The smallest absolute Gasteiger partial charge is 0.398 e. The Bertz CT molecular complexity index is 544. The van der Waals surface area contributed by atoms with Crippen LogP contribution >= 0.6 is 0 Å². The average Bonchev–Trinajstić information content (AvgIpc) is 2.37. The quantitative estimate of drug-likeness (QED) is 0.738. The lowest BCUT2D eigenvalue weighted by Crippen LogP contribution is -2.44. The van der Waals surface area contributed by atoms with Crippen molar-refractivity contribution in [1.29, 1.82) is 0 Å². The maximum absolute atomic E-state index is 12.7. The third-order valence-corrected chi connectivity index (χ3v) is 2.71. The first kappa shape index (κ1) is 16.8. The molecule has 0 spiro atoms. The van der Waals surface area contributed by atoms with Gasteiger partial charge in [0.1, 0.15) is 6.04 Å². The summed E-state index contributed by atoms with van der Waals surface area (Å²) >= 11 is 0. The molecule has 0 radical (unpaired) electrons. The molecule has 4 N–H and O–H groups in total. The van der Waals surface area contributed by atoms with E-state index in [1.165, 1.54) is 13.0 Å². The highest BCUT2D eigenvalue weighted by Crippen LogP contribution is 2.33. The number of rotatable bonds is 4. The van der Waals surface area contributed by atoms with Gasteiger partial charge in [0.05, 0.1) is 5.56 Å². The largest absolute Gasteiger partial charge is 0.418 e. The SMILES string of the molecule is CCNC(=O)C(C)NC(=O)c1ccc(N)c(C(F)(F)F)c1. The number of nitrogens with two attached hydrogens (primary N) is 1. The number of hydrogen-bond donors (Lipinski definition) is 3. The van der Waals surface area contributed by atoms with Crippen molar-refractivity contribution in [2.45, 2.75) is 26.1 Å². The number of amides is 2. The number of carbonyl (C=O) groups excluding carboxylic acids is 2. The van der Waals surface area contributed by atoms with Gasteiger partial charge in [0.25, 0.3) is 5.91 Å². The zero-order chi connectivity index (χ0) is 16.2. The molecule has 5 nitrogen and oxygen atoms in total. The minimum absolute atomic E-state index is 0.215. The van der Waals surface area contributed by atoms with Gasteiger partial charge in [0.2, 0.25) is 5.91 Å². The summed E-state index contributed by atoms with van der Waals surface area (Å²) in [4.78, 5) is 23.3. The van der Waals surface area contributed by atoms with Gasteiger partial charge >= 0.3 is 6.18 Å². The third-order valence-electron chi connectivity index (χ3n) is 2.71. The highest BCUT2D eigenvalue weighted by atomic mass is 19.4. The number of likely N-dealkylation sites (N-methyl/N-ethyl adjacent to an activating group) is 1. The summed E-state index contributed by atoms with van der Waals surface area (Å²) in [5.41, 5.74) is 3.49. The maximum atomic E-state index is 12.7. The van der Waals surface area contributed by atoms with Crippen molar-refractivity contribution in [2.24, 2.45) is 0 Å². The number of hydrogen-bond acceptors (Lipinski definition) is 3. The molecular weight excluding hydrogens is 287 g/mol. The molecular formula is C13H16F3N3O2. The molecule has 0 aliphatic carbocycles. The normalized spacial score (nSPS) is 12.6. The first-order valence-electron chi connectivity index (χ1n) is 6.22. The Morgan fingerprint density at radius 2 is 1.95 bits per heavy atom. The van der Waals surface area contributed by atoms with Crippen LogP contribution in [-0.4, -0.2) is 24.4 Å². The summed E-state index contributed by atoms with van der Waals surface area (Å²) in [6, 6.07) is 1.98. The molecule has 0 saturated carbocycles. The lowest BCUT2D eigenvalue weighted by Gasteiger charge is -2.15. The van der Waals surface area contributed by atoms with Crippen LogP contribution in [0, 0.1) is 0 Å². The van der Waals surface area contributed by atoms with Crippen molar-refractivity contribution in [3.63, 3.8) is 0 Å². The van der Waals surface area contributed by atoms with Gasteiger partial charge in [-0.05, 0) is 32.0 Å². The van der Waals surface area contributed by atoms with E-state index in [9.17, 15) is 22.8 Å². The Balaban J connectivity index is 2.91. The summed E-state index contributed by atoms with van der Waals surface area (Å²) in [6.07, 6.45) is -4.65. The van der Waals surface area contributed by atoms with Crippen molar-refractivity contribution in [2.75, 3.05) is 12.3 Å². The highest BCUT2D eigenvalue weighted by molar-refractivity contribution is 5.97. The second kappa shape index (κ2) is 6.47. The van der Waals surface area contributed by atoms with Gasteiger partial charge in [-0.3, -0.25) is 9.59 Å². The molecule has 0 heterocycles. The summed E-state index contributed by atoms with van der Waals surface area (Å²) in [5.74, 6) is -1.20. The number of halogens is 3. The topological polar surface area (TPSA) is 84.2 Å². The van der Waals surface area contributed by atoms with Crippen molar-refractivity contribution >= 4 is 17.5 Å². The van der Waals surface area contributed by atoms with E-state index in [2.05, 4.69) is 10.6 Å². The van der Waals surface area contributed by atoms with Crippen LogP contribution in [-0.2, 0) is 11.0 Å². The van der Waals surface area contributed by atoms with E-state index in [1.54, 1.807) is 6.92 Å². The molecule has 0 bridgehead atoms. The lowest BCUT2D eigenvalue weighted by atomic mass is 10.1. The molecule has 1 unspecified atom stereocenters. The van der Waals surface area contributed by atoms with Crippen LogP contribution in [0.5, 0.6) is 0 Å². The predicted octanol–water partition coefficient (Wildman–Crippen LogP) is 1.54. The minimum Gasteiger partial charge on any atom is -0.398 e. The van der Waals surface area contributed by atoms with Crippen LogP contribution < -0.4 is 16.4 Å². The lowest BCUT2D eigenvalue weighted by molar-refractivity contribution is -0.137. The van der Waals surface area contributed by atoms with Gasteiger partial charge in [-0.1, -0.05) is 0 Å². The maximum Gasteiger partial charge on any atom is 0.418 e. The fourth-order valence-corrected chi connectivity index (χ4v) is 1.62. The number of nitrogen functional groups attached to an aromatic ring is 1. The standard InChI is InChI=1S/C13H16F3N3O2/c1-3-18-11(20)7(2)19-12(21)8-4-5-10(17)9(6-8)13(14,15)16/h4-7H,3,17H2,1-2H3,(H,18,20)(H,19,21). The molecule has 116 valence electrons. The number of carbonyl (C=O) groups is 2. The minimum atomic E-state index is -4.65. The fraction of sp³-hybridized carbons (Fsp3) is 0.385. The molecule has 0 aromatic heterocycles. The summed E-state index contributed by atoms with van der Waals surface area (Å²) < 4.78 is 38.1. The third kappa shape index (κ3) is 4.37. The van der Waals surface area contributed by atoms with Gasteiger partial charge in [-0.25, -0.2) is 0 Å². The summed E-state index contributed by atoms with van der Waals surface area (Å²) in [7, 11) is 0. The predicted molar refractivity (Wildman–Crippen MR) is 71.5 cm³/mol. The van der Waals surface area contributed by atoms with Crippen LogP contribution in [0.15, 0.2) is 18.2 Å². The van der Waals surface area contributed by atoms with Crippen LogP contribution in [0.2, 0.25) is 0 Å². The van der Waals surface area contributed by atoms with Gasteiger partial charge in [0.15, 0.2) is 0 Å². The second-order valence-corrected chi connectivity index (χ2v) is 4.39. The molecule has 1 atom stereocenters. The molecule has 1 rings (SSSR count). The average molecular weight is 303 g/mol. The second-order valence-electron chi connectivity index (χ2n) is 4.39. The highest BCUT2D eigenvalue weighted by Gasteiger charge is 2.33.